The maximum absolute atomic E-state index is 2.57. The van der Waals surface area contributed by atoms with Crippen molar-refractivity contribution in [3.63, 3.8) is 0 Å². The van der Waals surface area contributed by atoms with Crippen LogP contribution in [0.15, 0.2) is 0 Å². The molecule has 0 heterocycles. The third-order valence-corrected chi connectivity index (χ3v) is 6.30. The van der Waals surface area contributed by atoms with Crippen LogP contribution < -0.4 is 0 Å². The van der Waals surface area contributed by atoms with Crippen LogP contribution in [-0.2, 0) is 0 Å². The molecule has 2 aliphatic carbocycles. The van der Waals surface area contributed by atoms with Crippen molar-refractivity contribution in [2.45, 2.75) is 79.6 Å². The fourth-order valence-electron chi connectivity index (χ4n) is 4.48. The Balaban J connectivity index is 1.81. The lowest BCUT2D eigenvalue weighted by atomic mass is 9.90. The van der Waals surface area contributed by atoms with Gasteiger partial charge in [0.25, 0.3) is 0 Å². The van der Waals surface area contributed by atoms with Gasteiger partial charge in [-0.05, 0) is 54.3 Å². The predicted octanol–water partition coefficient (Wildman–Crippen LogP) is 5.67. The summed E-state index contributed by atoms with van der Waals surface area (Å²) in [5.74, 6) is 3.11. The van der Waals surface area contributed by atoms with Crippen LogP contribution in [0.25, 0.3) is 0 Å². The van der Waals surface area contributed by atoms with Crippen molar-refractivity contribution in [2.24, 2.45) is 28.6 Å². The summed E-state index contributed by atoms with van der Waals surface area (Å²) >= 11 is 0. The molecule has 2 aliphatic rings. The minimum absolute atomic E-state index is 0.714. The van der Waals surface area contributed by atoms with Crippen molar-refractivity contribution in [1.29, 1.82) is 0 Å². The molecule has 0 spiro atoms. The highest BCUT2D eigenvalue weighted by Gasteiger charge is 2.62. The van der Waals surface area contributed by atoms with Crippen molar-refractivity contribution >= 4 is 0 Å². The third kappa shape index (κ3) is 2.42. The van der Waals surface area contributed by atoms with E-state index < -0.39 is 0 Å². The number of hydrogen-bond acceptors (Lipinski definition) is 0. The molecule has 0 aromatic rings. The standard InChI is InChI=1S/C17H32/c1-6-8-9-15-13(3)17(15,5)12-14-11-16(14,4)10-7-2/h13-15H,6-12H2,1-5H3. The van der Waals surface area contributed by atoms with Crippen LogP contribution in [0.4, 0.5) is 0 Å². The summed E-state index contributed by atoms with van der Waals surface area (Å²) in [7, 11) is 0. The zero-order valence-electron chi connectivity index (χ0n) is 12.7. The van der Waals surface area contributed by atoms with Gasteiger partial charge in [0, 0.05) is 0 Å². The van der Waals surface area contributed by atoms with Gasteiger partial charge in [-0.25, -0.2) is 0 Å². The van der Waals surface area contributed by atoms with Gasteiger partial charge in [-0.1, -0.05) is 53.9 Å². The van der Waals surface area contributed by atoms with Crippen LogP contribution in [0, 0.1) is 28.6 Å². The zero-order valence-corrected chi connectivity index (χ0v) is 12.7. The monoisotopic (exact) mass is 236 g/mol. The Morgan fingerprint density at radius 3 is 2.41 bits per heavy atom. The van der Waals surface area contributed by atoms with E-state index in [9.17, 15) is 0 Å². The van der Waals surface area contributed by atoms with Crippen LogP contribution in [0.2, 0.25) is 0 Å². The lowest BCUT2D eigenvalue weighted by Crippen LogP contribution is -2.06. The highest BCUT2D eigenvalue weighted by atomic mass is 14.7. The second-order valence-corrected chi connectivity index (χ2v) is 7.55. The minimum atomic E-state index is 0.714. The molecular weight excluding hydrogens is 204 g/mol. The molecule has 5 atom stereocenters. The lowest BCUT2D eigenvalue weighted by Gasteiger charge is -2.15. The van der Waals surface area contributed by atoms with Gasteiger partial charge in [-0.15, -0.1) is 0 Å². The van der Waals surface area contributed by atoms with E-state index in [1.54, 1.807) is 0 Å². The molecule has 2 saturated carbocycles. The van der Waals surface area contributed by atoms with E-state index in [0.29, 0.717) is 5.41 Å². The minimum Gasteiger partial charge on any atom is -0.0654 e. The molecule has 100 valence electrons. The van der Waals surface area contributed by atoms with Crippen LogP contribution in [0.3, 0.4) is 0 Å². The van der Waals surface area contributed by atoms with Crippen LogP contribution in [-0.4, -0.2) is 0 Å². The fourth-order valence-corrected chi connectivity index (χ4v) is 4.48. The number of unbranched alkanes of at least 4 members (excludes halogenated alkanes) is 1. The van der Waals surface area contributed by atoms with Gasteiger partial charge >= 0.3 is 0 Å². The Kier molecular flexibility index (Phi) is 3.63. The number of hydrogen-bond donors (Lipinski definition) is 0. The zero-order chi connectivity index (χ0) is 12.7. The summed E-state index contributed by atoms with van der Waals surface area (Å²) in [6.07, 6.45) is 10.2. The molecule has 17 heavy (non-hydrogen) atoms. The Bertz CT molecular complexity index is 269. The smallest absolute Gasteiger partial charge is 0.0263 e. The molecule has 2 fully saturated rings. The van der Waals surface area contributed by atoms with E-state index in [4.69, 9.17) is 0 Å². The predicted molar refractivity (Wildman–Crippen MR) is 76.0 cm³/mol. The summed E-state index contributed by atoms with van der Waals surface area (Å²) in [6.45, 7) is 12.3. The fraction of sp³-hybridized carbons (Fsp3) is 1.00. The van der Waals surface area contributed by atoms with Crippen LogP contribution >= 0.6 is 0 Å². The molecule has 0 radical (unpaired) electrons. The Morgan fingerprint density at radius 2 is 1.82 bits per heavy atom. The van der Waals surface area contributed by atoms with E-state index in [-0.39, 0.29) is 0 Å². The second-order valence-electron chi connectivity index (χ2n) is 7.55. The normalized spacial score (nSPS) is 48.2. The average Bonchev–Trinajstić information content (AvgIpc) is 3.04. The highest BCUT2D eigenvalue weighted by molar-refractivity contribution is 5.10. The maximum atomic E-state index is 2.57. The summed E-state index contributed by atoms with van der Waals surface area (Å²) in [4.78, 5) is 0. The summed E-state index contributed by atoms with van der Waals surface area (Å²) in [6, 6.07) is 0. The molecule has 0 nitrogen and oxygen atoms in total. The molecule has 0 aromatic heterocycles. The van der Waals surface area contributed by atoms with Crippen molar-refractivity contribution in [3.8, 4) is 0 Å². The largest absolute Gasteiger partial charge is 0.0654 e. The van der Waals surface area contributed by atoms with Gasteiger partial charge in [-0.2, -0.15) is 0 Å². The van der Waals surface area contributed by atoms with Gasteiger partial charge in [0.2, 0.25) is 0 Å². The molecule has 0 amide bonds. The molecule has 2 rings (SSSR count). The molecule has 5 unspecified atom stereocenters. The number of rotatable bonds is 7. The molecule has 0 heteroatoms. The van der Waals surface area contributed by atoms with Crippen molar-refractivity contribution in [3.05, 3.63) is 0 Å². The quantitative estimate of drug-likeness (QED) is 0.534. The van der Waals surface area contributed by atoms with E-state index >= 15 is 0 Å². The first-order valence-electron chi connectivity index (χ1n) is 7.98. The molecular formula is C17H32. The van der Waals surface area contributed by atoms with Gasteiger partial charge in [0.05, 0.1) is 0 Å². The van der Waals surface area contributed by atoms with E-state index in [1.165, 1.54) is 44.9 Å². The Morgan fingerprint density at radius 1 is 1.12 bits per heavy atom. The topological polar surface area (TPSA) is 0 Å². The van der Waals surface area contributed by atoms with Crippen molar-refractivity contribution < 1.29 is 0 Å². The highest BCUT2D eigenvalue weighted by Crippen LogP contribution is 2.69. The first-order chi connectivity index (χ1) is 7.98. The van der Waals surface area contributed by atoms with Gasteiger partial charge in [0.1, 0.15) is 0 Å². The maximum Gasteiger partial charge on any atom is -0.0263 e. The van der Waals surface area contributed by atoms with Gasteiger partial charge in [0.15, 0.2) is 0 Å². The molecule has 0 bridgehead atoms. The first kappa shape index (κ1) is 13.4. The summed E-state index contributed by atoms with van der Waals surface area (Å²) < 4.78 is 0. The van der Waals surface area contributed by atoms with Gasteiger partial charge in [-0.3, -0.25) is 0 Å². The SMILES string of the molecule is CCCCC1C(C)C1(C)CC1CC1(C)CCC. The molecule has 0 aromatic carbocycles. The Hall–Kier alpha value is 0. The molecule has 0 N–H and O–H groups in total. The second kappa shape index (κ2) is 4.59. The average molecular weight is 236 g/mol. The van der Waals surface area contributed by atoms with Crippen molar-refractivity contribution in [2.75, 3.05) is 0 Å². The van der Waals surface area contributed by atoms with Crippen molar-refractivity contribution in [1.82, 2.24) is 0 Å². The van der Waals surface area contributed by atoms with E-state index in [2.05, 4.69) is 34.6 Å². The van der Waals surface area contributed by atoms with Crippen LogP contribution in [0.5, 0.6) is 0 Å². The Labute approximate surface area is 109 Å². The lowest BCUT2D eigenvalue weighted by molar-refractivity contribution is 0.349. The molecule has 0 saturated heterocycles. The van der Waals surface area contributed by atoms with E-state index in [0.717, 1.165) is 23.2 Å². The van der Waals surface area contributed by atoms with E-state index in [1.807, 2.05) is 0 Å². The van der Waals surface area contributed by atoms with Crippen LogP contribution in [0.1, 0.15) is 79.6 Å². The van der Waals surface area contributed by atoms with Gasteiger partial charge < -0.3 is 0 Å². The summed E-state index contributed by atoms with van der Waals surface area (Å²) in [5.41, 5.74) is 1.45. The first-order valence-corrected chi connectivity index (χ1v) is 7.98. The third-order valence-electron chi connectivity index (χ3n) is 6.30. The summed E-state index contributed by atoms with van der Waals surface area (Å²) in [5, 5.41) is 0. The molecule has 0 aliphatic heterocycles.